The molecule has 0 spiro atoms. The van der Waals surface area contributed by atoms with Crippen LogP contribution in [-0.4, -0.2) is 58.3 Å². The summed E-state index contributed by atoms with van der Waals surface area (Å²) >= 11 is 0. The molecule has 39 heavy (non-hydrogen) atoms. The number of alkyl halides is 6. The van der Waals surface area contributed by atoms with Gasteiger partial charge in [-0.2, -0.15) is 26.3 Å². The van der Waals surface area contributed by atoms with E-state index in [0.717, 1.165) is 11.6 Å². The monoisotopic (exact) mass is 587 g/mol. The maximum absolute atomic E-state index is 13.5. The molecule has 0 radical (unpaired) electrons. The molecule has 1 aromatic carbocycles. The molecule has 222 valence electrons. The fraction of sp³-hybridized carbons (Fsp3) is 0.615. The summed E-state index contributed by atoms with van der Waals surface area (Å²) in [6, 6.07) is 4.21. The summed E-state index contributed by atoms with van der Waals surface area (Å²) in [4.78, 5) is 0. The molecule has 6 nitrogen and oxygen atoms in total. The van der Waals surface area contributed by atoms with Crippen LogP contribution in [0.25, 0.3) is 5.57 Å². The van der Waals surface area contributed by atoms with Gasteiger partial charge >= 0.3 is 11.7 Å². The van der Waals surface area contributed by atoms with Crippen molar-refractivity contribution in [3.8, 4) is 5.75 Å². The van der Waals surface area contributed by atoms with Crippen molar-refractivity contribution in [2.75, 3.05) is 38.8 Å². The summed E-state index contributed by atoms with van der Waals surface area (Å²) in [5, 5.41) is 0. The maximum atomic E-state index is 13.5. The first-order chi connectivity index (χ1) is 17.9. The first-order valence-corrected chi connectivity index (χ1v) is 14.0. The standard InChI is InChI=1S/C19H26F3NO2.C7H9F3O3S/c1-13(2)11-18(3,23)12-25-17-5-4-15(10-16(17)19(20,21)22)14-6-8-24-9-7-14;8-7(9,10)14(11,12)5-6-1-3-13-4-2-6/h4-6,10,13H,7-9,11-12,23H2,1-3H3;1H,2-5H2/t18-;/m0./s1. The van der Waals surface area contributed by atoms with Crippen molar-refractivity contribution in [1.29, 1.82) is 0 Å². The highest BCUT2D eigenvalue weighted by Gasteiger charge is 2.45. The predicted molar refractivity (Wildman–Crippen MR) is 136 cm³/mol. The molecule has 0 bridgehead atoms. The van der Waals surface area contributed by atoms with Gasteiger partial charge in [0.1, 0.15) is 12.4 Å². The Hall–Kier alpha value is -2.09. The normalized spacial score (nSPS) is 18.4. The predicted octanol–water partition coefficient (Wildman–Crippen LogP) is 5.92. The van der Waals surface area contributed by atoms with E-state index < -0.39 is 38.4 Å². The lowest BCUT2D eigenvalue weighted by Crippen LogP contribution is -2.43. The summed E-state index contributed by atoms with van der Waals surface area (Å²) in [5.41, 5.74) is 1.23. The number of benzene rings is 1. The van der Waals surface area contributed by atoms with Crippen LogP contribution in [0.3, 0.4) is 0 Å². The Morgan fingerprint density at radius 1 is 1.00 bits per heavy atom. The minimum Gasteiger partial charge on any atom is -0.491 e. The van der Waals surface area contributed by atoms with E-state index in [1.54, 1.807) is 13.0 Å². The highest BCUT2D eigenvalue weighted by atomic mass is 32.2. The molecule has 2 heterocycles. The second kappa shape index (κ2) is 13.5. The quantitative estimate of drug-likeness (QED) is 0.300. The molecule has 13 heteroatoms. The van der Waals surface area contributed by atoms with E-state index in [1.165, 1.54) is 12.1 Å². The van der Waals surface area contributed by atoms with Crippen LogP contribution >= 0.6 is 0 Å². The number of rotatable bonds is 8. The van der Waals surface area contributed by atoms with E-state index in [9.17, 15) is 34.8 Å². The topological polar surface area (TPSA) is 87.9 Å². The van der Waals surface area contributed by atoms with Crippen LogP contribution in [0.5, 0.6) is 5.75 Å². The SMILES string of the molecule is CC(C)C[C@](C)(N)COc1ccc(C2=CCOCC2)cc1C(F)(F)F.O=S(=O)(CC1=CCOCC1)C(F)(F)F. The average molecular weight is 588 g/mol. The third kappa shape index (κ3) is 10.8. The first kappa shape index (κ1) is 33.1. The molecule has 2 N–H and O–H groups in total. The summed E-state index contributed by atoms with van der Waals surface area (Å²) in [7, 11) is -5.02. The zero-order chi connectivity index (χ0) is 29.5. The first-order valence-electron chi connectivity index (χ1n) is 12.4. The molecule has 0 saturated carbocycles. The van der Waals surface area contributed by atoms with Gasteiger partial charge in [0.05, 0.1) is 37.7 Å². The van der Waals surface area contributed by atoms with E-state index in [4.69, 9.17) is 19.9 Å². The molecule has 3 rings (SSSR count). The summed E-state index contributed by atoms with van der Waals surface area (Å²) in [5.74, 6) is -0.785. The van der Waals surface area contributed by atoms with E-state index in [1.807, 2.05) is 19.9 Å². The van der Waals surface area contributed by atoms with Gasteiger partial charge in [-0.25, -0.2) is 8.42 Å². The molecular formula is C26H35F6NO5S. The Bertz CT molecular complexity index is 1120. The van der Waals surface area contributed by atoms with Crippen molar-refractivity contribution in [2.45, 2.75) is 57.3 Å². The van der Waals surface area contributed by atoms with Crippen molar-refractivity contribution in [3.05, 3.63) is 47.1 Å². The minimum absolute atomic E-state index is 0.0319. The third-order valence-corrected chi connectivity index (χ3v) is 7.29. The van der Waals surface area contributed by atoms with Crippen molar-refractivity contribution >= 4 is 15.4 Å². The van der Waals surface area contributed by atoms with E-state index in [-0.39, 0.29) is 37.6 Å². The van der Waals surface area contributed by atoms with Crippen LogP contribution in [0.2, 0.25) is 0 Å². The Balaban J connectivity index is 0.000000322. The Kier molecular flexibility index (Phi) is 11.5. The molecule has 2 aliphatic heterocycles. The minimum atomic E-state index is -5.16. The number of hydrogen-bond donors (Lipinski definition) is 1. The fourth-order valence-electron chi connectivity index (χ4n) is 4.12. The van der Waals surface area contributed by atoms with Gasteiger partial charge < -0.3 is 19.9 Å². The number of sulfone groups is 1. The Morgan fingerprint density at radius 2 is 1.62 bits per heavy atom. The zero-order valence-electron chi connectivity index (χ0n) is 22.1. The van der Waals surface area contributed by atoms with Crippen molar-refractivity contribution in [3.63, 3.8) is 0 Å². The summed E-state index contributed by atoms with van der Waals surface area (Å²) in [6.45, 7) is 7.26. The van der Waals surface area contributed by atoms with Crippen LogP contribution < -0.4 is 10.5 Å². The van der Waals surface area contributed by atoms with Gasteiger partial charge in [0, 0.05) is 5.54 Å². The maximum Gasteiger partial charge on any atom is 0.497 e. The molecule has 2 aliphatic rings. The van der Waals surface area contributed by atoms with Crippen molar-refractivity contribution in [1.82, 2.24) is 0 Å². The lowest BCUT2D eigenvalue weighted by molar-refractivity contribution is -0.139. The number of hydrogen-bond acceptors (Lipinski definition) is 6. The second-order valence-corrected chi connectivity index (χ2v) is 12.2. The number of nitrogens with two attached hydrogens (primary N) is 1. The highest BCUT2D eigenvalue weighted by Crippen LogP contribution is 2.39. The number of ether oxygens (including phenoxy) is 3. The largest absolute Gasteiger partial charge is 0.497 e. The molecule has 1 atom stereocenters. The van der Waals surface area contributed by atoms with Crippen LogP contribution in [0.1, 0.15) is 51.2 Å². The Labute approximate surface area is 225 Å². The van der Waals surface area contributed by atoms with Gasteiger partial charge in [-0.15, -0.1) is 0 Å². The summed E-state index contributed by atoms with van der Waals surface area (Å²) in [6.07, 6.45) is 0.230. The molecule has 0 amide bonds. The third-order valence-electron chi connectivity index (χ3n) is 5.84. The molecule has 0 fully saturated rings. The van der Waals surface area contributed by atoms with Gasteiger partial charge in [-0.3, -0.25) is 0 Å². The molecule has 1 aromatic rings. The lowest BCUT2D eigenvalue weighted by Gasteiger charge is -2.27. The molecule has 0 saturated heterocycles. The summed E-state index contributed by atoms with van der Waals surface area (Å²) < 4.78 is 113. The van der Waals surface area contributed by atoms with E-state index in [0.29, 0.717) is 37.5 Å². The average Bonchev–Trinajstić information content (AvgIpc) is 2.82. The van der Waals surface area contributed by atoms with Crippen LogP contribution in [0.15, 0.2) is 35.9 Å². The van der Waals surface area contributed by atoms with Crippen molar-refractivity contribution in [2.24, 2.45) is 11.7 Å². The second-order valence-electron chi connectivity index (χ2n) is 10.2. The highest BCUT2D eigenvalue weighted by molar-refractivity contribution is 7.92. The van der Waals surface area contributed by atoms with Crippen LogP contribution in [0, 0.1) is 5.92 Å². The smallest absolute Gasteiger partial charge is 0.491 e. The van der Waals surface area contributed by atoms with Crippen LogP contribution in [-0.2, 0) is 25.5 Å². The zero-order valence-corrected chi connectivity index (χ0v) is 22.9. The van der Waals surface area contributed by atoms with Gasteiger partial charge in [0.2, 0.25) is 0 Å². The van der Waals surface area contributed by atoms with E-state index in [2.05, 4.69) is 0 Å². The lowest BCUT2D eigenvalue weighted by atomic mass is 9.93. The van der Waals surface area contributed by atoms with Gasteiger partial charge in [0.25, 0.3) is 9.84 Å². The van der Waals surface area contributed by atoms with Gasteiger partial charge in [0.15, 0.2) is 0 Å². The van der Waals surface area contributed by atoms with Crippen LogP contribution in [0.4, 0.5) is 26.3 Å². The van der Waals surface area contributed by atoms with Gasteiger partial charge in [-0.1, -0.05) is 37.6 Å². The molecular weight excluding hydrogens is 552 g/mol. The molecule has 0 aromatic heterocycles. The van der Waals surface area contributed by atoms with E-state index >= 15 is 0 Å². The molecule has 0 unspecified atom stereocenters. The fourth-order valence-corrected chi connectivity index (χ4v) is 5.04. The Morgan fingerprint density at radius 3 is 2.10 bits per heavy atom. The number of halogens is 6. The van der Waals surface area contributed by atoms with Gasteiger partial charge in [-0.05, 0) is 55.4 Å². The molecule has 0 aliphatic carbocycles. The van der Waals surface area contributed by atoms with Crippen molar-refractivity contribution < 1.29 is 49.0 Å².